The van der Waals surface area contributed by atoms with Crippen LogP contribution in [0.5, 0.6) is 0 Å². The minimum Gasteiger partial charge on any atom is -0.396 e. The zero-order valence-corrected chi connectivity index (χ0v) is 11.6. The van der Waals surface area contributed by atoms with Crippen LogP contribution in [0, 0.1) is 5.82 Å². The van der Waals surface area contributed by atoms with Gasteiger partial charge in [0, 0.05) is 23.9 Å². The van der Waals surface area contributed by atoms with E-state index in [2.05, 4.69) is 18.1 Å². The van der Waals surface area contributed by atoms with Gasteiger partial charge in [-0.25, -0.2) is 4.39 Å². The molecule has 1 unspecified atom stereocenters. The van der Waals surface area contributed by atoms with E-state index in [1.54, 1.807) is 18.2 Å². The Morgan fingerprint density at radius 1 is 1.47 bits per heavy atom. The van der Waals surface area contributed by atoms with Crippen LogP contribution in [0.3, 0.4) is 0 Å². The number of benzene rings is 1. The molecule has 2 N–H and O–H groups in total. The van der Waals surface area contributed by atoms with Crippen molar-refractivity contribution in [2.45, 2.75) is 25.9 Å². The summed E-state index contributed by atoms with van der Waals surface area (Å²) in [4.78, 5) is 2.19. The Kier molecular flexibility index (Phi) is 5.78. The van der Waals surface area contributed by atoms with E-state index in [0.29, 0.717) is 18.2 Å². The maximum absolute atomic E-state index is 13.8. The van der Waals surface area contributed by atoms with E-state index in [4.69, 9.17) is 5.73 Å². The molecule has 0 heterocycles. The molecule has 1 aromatic rings. The summed E-state index contributed by atoms with van der Waals surface area (Å²) < 4.78 is 13.8. The van der Waals surface area contributed by atoms with Crippen molar-refractivity contribution in [2.24, 2.45) is 0 Å². The third kappa shape index (κ3) is 3.89. The number of rotatable bonds is 6. The van der Waals surface area contributed by atoms with Gasteiger partial charge >= 0.3 is 0 Å². The van der Waals surface area contributed by atoms with E-state index < -0.39 is 0 Å². The number of nitrogen functional groups attached to an aromatic ring is 1. The van der Waals surface area contributed by atoms with Crippen molar-refractivity contribution in [3.8, 4) is 0 Å². The van der Waals surface area contributed by atoms with E-state index in [1.165, 1.54) is 0 Å². The molecule has 0 bridgehead atoms. The molecule has 0 amide bonds. The lowest BCUT2D eigenvalue weighted by molar-refractivity contribution is 0.245. The van der Waals surface area contributed by atoms with Gasteiger partial charge < -0.3 is 5.73 Å². The first kappa shape index (κ1) is 14.3. The summed E-state index contributed by atoms with van der Waals surface area (Å²) in [6.07, 6.45) is 3.17. The molecule has 1 atom stereocenters. The standard InChI is InChI=1S/C13H21FN2S/c1-4-11(9-17-3)16(2)8-10-6-5-7-12(15)13(10)14/h5-7,11H,4,8-9,15H2,1-3H3. The molecule has 2 nitrogen and oxygen atoms in total. The highest BCUT2D eigenvalue weighted by Gasteiger charge is 2.14. The van der Waals surface area contributed by atoms with Gasteiger partial charge in [0.25, 0.3) is 0 Å². The van der Waals surface area contributed by atoms with Crippen LogP contribution in [0.4, 0.5) is 10.1 Å². The number of halogens is 1. The maximum Gasteiger partial charge on any atom is 0.150 e. The molecular formula is C13H21FN2S. The first-order valence-electron chi connectivity index (χ1n) is 5.82. The molecule has 0 spiro atoms. The van der Waals surface area contributed by atoms with Gasteiger partial charge in [0.2, 0.25) is 0 Å². The molecule has 0 aliphatic rings. The van der Waals surface area contributed by atoms with Crippen LogP contribution in [-0.4, -0.2) is 30.0 Å². The summed E-state index contributed by atoms with van der Waals surface area (Å²) in [7, 11) is 2.03. The molecule has 4 heteroatoms. The quantitative estimate of drug-likeness (QED) is 0.793. The fraction of sp³-hybridized carbons (Fsp3) is 0.538. The second-order valence-electron chi connectivity index (χ2n) is 4.25. The Bertz CT molecular complexity index is 357. The second kappa shape index (κ2) is 6.87. The molecule has 1 rings (SSSR count). The molecule has 0 saturated carbocycles. The Balaban J connectivity index is 2.72. The van der Waals surface area contributed by atoms with Crippen molar-refractivity contribution < 1.29 is 4.39 Å². The summed E-state index contributed by atoms with van der Waals surface area (Å²) in [6.45, 7) is 2.77. The maximum atomic E-state index is 13.8. The van der Waals surface area contributed by atoms with Crippen molar-refractivity contribution >= 4 is 17.4 Å². The number of anilines is 1. The van der Waals surface area contributed by atoms with Crippen LogP contribution in [0.2, 0.25) is 0 Å². The highest BCUT2D eigenvalue weighted by Crippen LogP contribution is 2.18. The number of nitrogens with two attached hydrogens (primary N) is 1. The molecule has 0 fully saturated rings. The molecule has 17 heavy (non-hydrogen) atoms. The van der Waals surface area contributed by atoms with Gasteiger partial charge in [-0.1, -0.05) is 19.1 Å². The summed E-state index contributed by atoms with van der Waals surface area (Å²) in [5.41, 5.74) is 6.47. The third-order valence-corrected chi connectivity index (χ3v) is 3.70. The van der Waals surface area contributed by atoms with Gasteiger partial charge in [-0.3, -0.25) is 4.90 Å². The summed E-state index contributed by atoms with van der Waals surface area (Å²) >= 11 is 1.82. The van der Waals surface area contributed by atoms with E-state index in [-0.39, 0.29) is 11.5 Å². The van der Waals surface area contributed by atoms with Gasteiger partial charge in [0.15, 0.2) is 5.82 Å². The zero-order valence-electron chi connectivity index (χ0n) is 10.7. The van der Waals surface area contributed by atoms with Gasteiger partial charge in [0.1, 0.15) is 0 Å². The first-order valence-corrected chi connectivity index (χ1v) is 7.21. The molecule has 96 valence electrons. The highest BCUT2D eigenvalue weighted by atomic mass is 32.2. The van der Waals surface area contributed by atoms with Gasteiger partial charge in [-0.05, 0) is 25.8 Å². The van der Waals surface area contributed by atoms with Crippen LogP contribution < -0.4 is 5.73 Å². The smallest absolute Gasteiger partial charge is 0.150 e. The Morgan fingerprint density at radius 2 is 2.18 bits per heavy atom. The van der Waals surface area contributed by atoms with E-state index in [0.717, 1.165) is 12.2 Å². The van der Waals surface area contributed by atoms with Crippen LogP contribution in [-0.2, 0) is 6.54 Å². The van der Waals surface area contributed by atoms with Crippen molar-refractivity contribution in [1.82, 2.24) is 4.90 Å². The molecule has 1 aromatic carbocycles. The number of hydrogen-bond donors (Lipinski definition) is 1. The number of nitrogens with zero attached hydrogens (tertiary/aromatic N) is 1. The average molecular weight is 256 g/mol. The summed E-state index contributed by atoms with van der Waals surface area (Å²) in [5.74, 6) is 0.787. The molecule has 0 aliphatic carbocycles. The predicted octanol–water partition coefficient (Wildman–Crippen LogP) is 2.98. The topological polar surface area (TPSA) is 29.3 Å². The van der Waals surface area contributed by atoms with Gasteiger partial charge in [-0.2, -0.15) is 11.8 Å². The van der Waals surface area contributed by atoms with Crippen molar-refractivity contribution in [3.05, 3.63) is 29.6 Å². The normalized spacial score (nSPS) is 13.0. The van der Waals surface area contributed by atoms with E-state index in [1.807, 2.05) is 18.8 Å². The van der Waals surface area contributed by atoms with Crippen LogP contribution in [0.25, 0.3) is 0 Å². The van der Waals surface area contributed by atoms with Crippen molar-refractivity contribution in [3.63, 3.8) is 0 Å². The monoisotopic (exact) mass is 256 g/mol. The first-order chi connectivity index (χ1) is 8.10. The Labute approximate surface area is 107 Å². The number of thioether (sulfide) groups is 1. The minimum atomic E-state index is -0.279. The molecule has 0 aliphatic heterocycles. The van der Waals surface area contributed by atoms with E-state index >= 15 is 0 Å². The van der Waals surface area contributed by atoms with Crippen LogP contribution >= 0.6 is 11.8 Å². The lowest BCUT2D eigenvalue weighted by Gasteiger charge is -2.26. The van der Waals surface area contributed by atoms with Crippen LogP contribution in [0.1, 0.15) is 18.9 Å². The summed E-state index contributed by atoms with van der Waals surface area (Å²) in [5, 5.41) is 0. The molecule has 0 aromatic heterocycles. The fourth-order valence-electron chi connectivity index (χ4n) is 1.87. The molecule has 0 radical (unpaired) electrons. The lowest BCUT2D eigenvalue weighted by atomic mass is 10.1. The lowest BCUT2D eigenvalue weighted by Crippen LogP contribution is -2.33. The Morgan fingerprint density at radius 3 is 2.76 bits per heavy atom. The van der Waals surface area contributed by atoms with Gasteiger partial charge in [-0.15, -0.1) is 0 Å². The largest absolute Gasteiger partial charge is 0.396 e. The fourth-order valence-corrected chi connectivity index (χ4v) is 2.74. The number of hydrogen-bond acceptors (Lipinski definition) is 3. The highest BCUT2D eigenvalue weighted by molar-refractivity contribution is 7.98. The summed E-state index contributed by atoms with van der Waals surface area (Å²) in [6, 6.07) is 5.68. The molecule has 0 saturated heterocycles. The van der Waals surface area contributed by atoms with Crippen LogP contribution in [0.15, 0.2) is 18.2 Å². The second-order valence-corrected chi connectivity index (χ2v) is 5.16. The SMILES string of the molecule is CCC(CSC)N(C)Cc1cccc(N)c1F. The third-order valence-electron chi connectivity index (χ3n) is 2.98. The minimum absolute atomic E-state index is 0.230. The average Bonchev–Trinajstić information content (AvgIpc) is 2.31. The van der Waals surface area contributed by atoms with Crippen molar-refractivity contribution in [1.29, 1.82) is 0 Å². The van der Waals surface area contributed by atoms with E-state index in [9.17, 15) is 4.39 Å². The van der Waals surface area contributed by atoms with Crippen molar-refractivity contribution in [2.75, 3.05) is 24.8 Å². The molecular weight excluding hydrogens is 235 g/mol. The zero-order chi connectivity index (χ0) is 12.8. The predicted molar refractivity (Wildman–Crippen MR) is 74.7 cm³/mol. The van der Waals surface area contributed by atoms with Gasteiger partial charge in [0.05, 0.1) is 5.69 Å². The Hall–Kier alpha value is -0.740.